The van der Waals surface area contributed by atoms with Crippen molar-refractivity contribution < 1.29 is 9.13 Å². The highest BCUT2D eigenvalue weighted by atomic mass is 79.9. The van der Waals surface area contributed by atoms with Gasteiger partial charge in [0, 0.05) is 6.07 Å². The van der Waals surface area contributed by atoms with Crippen LogP contribution in [0.2, 0.25) is 0 Å². The van der Waals surface area contributed by atoms with Gasteiger partial charge in [0.15, 0.2) is 0 Å². The van der Waals surface area contributed by atoms with E-state index in [1.54, 1.807) is 24.3 Å². The Kier molecular flexibility index (Phi) is 3.58. The monoisotopic (exact) mass is 296 g/mol. The fourth-order valence-corrected chi connectivity index (χ4v) is 1.68. The molecule has 0 aliphatic carbocycles. The molecule has 3 nitrogen and oxygen atoms in total. The molecule has 0 unspecified atom stereocenters. The van der Waals surface area contributed by atoms with E-state index in [1.165, 1.54) is 12.1 Å². The van der Waals surface area contributed by atoms with Crippen molar-refractivity contribution in [1.82, 2.24) is 4.98 Å². The summed E-state index contributed by atoms with van der Waals surface area (Å²) in [4.78, 5) is 4.08. The van der Waals surface area contributed by atoms with Gasteiger partial charge in [-0.2, -0.15) is 0 Å². The molecule has 0 atom stereocenters. The van der Waals surface area contributed by atoms with E-state index in [9.17, 15) is 4.39 Å². The van der Waals surface area contributed by atoms with Gasteiger partial charge < -0.3 is 10.5 Å². The van der Waals surface area contributed by atoms with Crippen molar-refractivity contribution in [2.45, 2.75) is 6.61 Å². The van der Waals surface area contributed by atoms with Gasteiger partial charge in [0.05, 0.1) is 10.2 Å². The van der Waals surface area contributed by atoms with Crippen LogP contribution < -0.4 is 10.5 Å². The SMILES string of the molecule is Nc1cccc(COc2cc(F)ccc2Br)n1. The maximum atomic E-state index is 13.0. The number of pyridine rings is 1. The molecule has 0 saturated heterocycles. The minimum absolute atomic E-state index is 0.243. The van der Waals surface area contributed by atoms with E-state index < -0.39 is 0 Å². The average Bonchev–Trinajstić information content (AvgIpc) is 2.30. The normalized spacial score (nSPS) is 10.2. The predicted molar refractivity (Wildman–Crippen MR) is 67.1 cm³/mol. The molecule has 17 heavy (non-hydrogen) atoms. The highest BCUT2D eigenvalue weighted by Crippen LogP contribution is 2.26. The molecule has 0 saturated carbocycles. The summed E-state index contributed by atoms with van der Waals surface area (Å²) in [6, 6.07) is 9.55. The second-order valence-corrected chi connectivity index (χ2v) is 4.27. The Morgan fingerprint density at radius 3 is 2.88 bits per heavy atom. The highest BCUT2D eigenvalue weighted by molar-refractivity contribution is 9.10. The number of hydrogen-bond acceptors (Lipinski definition) is 3. The van der Waals surface area contributed by atoms with Gasteiger partial charge >= 0.3 is 0 Å². The molecule has 0 aliphatic heterocycles. The average molecular weight is 297 g/mol. The van der Waals surface area contributed by atoms with Crippen LogP contribution in [0.15, 0.2) is 40.9 Å². The maximum Gasteiger partial charge on any atom is 0.136 e. The molecule has 0 fully saturated rings. The number of ether oxygens (including phenoxy) is 1. The number of hydrogen-bond donors (Lipinski definition) is 1. The maximum absolute atomic E-state index is 13.0. The Balaban J connectivity index is 2.09. The number of nitrogens with two attached hydrogens (primary N) is 1. The molecule has 1 aromatic heterocycles. The second-order valence-electron chi connectivity index (χ2n) is 3.42. The van der Waals surface area contributed by atoms with Crippen LogP contribution in [0.4, 0.5) is 10.2 Å². The van der Waals surface area contributed by atoms with Crippen LogP contribution in [0, 0.1) is 5.82 Å². The molecule has 88 valence electrons. The van der Waals surface area contributed by atoms with Gasteiger partial charge in [-0.05, 0) is 40.2 Å². The van der Waals surface area contributed by atoms with E-state index in [-0.39, 0.29) is 12.4 Å². The van der Waals surface area contributed by atoms with Crippen molar-refractivity contribution in [3.8, 4) is 5.75 Å². The summed E-state index contributed by atoms with van der Waals surface area (Å²) in [5.41, 5.74) is 6.24. The first-order chi connectivity index (χ1) is 8.15. The summed E-state index contributed by atoms with van der Waals surface area (Å²) >= 11 is 3.28. The molecule has 0 aliphatic rings. The highest BCUT2D eigenvalue weighted by Gasteiger charge is 2.04. The fraction of sp³-hybridized carbons (Fsp3) is 0.0833. The van der Waals surface area contributed by atoms with Crippen LogP contribution in [0.25, 0.3) is 0 Å². The summed E-state index contributed by atoms with van der Waals surface area (Å²) < 4.78 is 19.2. The number of nitrogen functional groups attached to an aromatic ring is 1. The van der Waals surface area contributed by atoms with Gasteiger partial charge in [-0.1, -0.05) is 6.07 Å². The van der Waals surface area contributed by atoms with Crippen LogP contribution >= 0.6 is 15.9 Å². The Morgan fingerprint density at radius 2 is 2.12 bits per heavy atom. The zero-order valence-electron chi connectivity index (χ0n) is 8.86. The van der Waals surface area contributed by atoms with Crippen LogP contribution in [0.1, 0.15) is 5.69 Å². The van der Waals surface area contributed by atoms with Crippen molar-refractivity contribution in [3.63, 3.8) is 0 Å². The van der Waals surface area contributed by atoms with Crippen LogP contribution in [0.3, 0.4) is 0 Å². The molecule has 2 N–H and O–H groups in total. The van der Waals surface area contributed by atoms with Crippen molar-refractivity contribution in [2.75, 3.05) is 5.73 Å². The molecule has 1 heterocycles. The summed E-state index contributed by atoms with van der Waals surface area (Å²) in [6.07, 6.45) is 0. The topological polar surface area (TPSA) is 48.1 Å². The second kappa shape index (κ2) is 5.14. The molecule has 1 aromatic carbocycles. The Bertz CT molecular complexity index is 534. The van der Waals surface area contributed by atoms with E-state index in [1.807, 2.05) is 0 Å². The van der Waals surface area contributed by atoms with E-state index in [0.29, 0.717) is 21.7 Å². The van der Waals surface area contributed by atoms with Crippen LogP contribution in [0.5, 0.6) is 5.75 Å². The molecule has 5 heteroatoms. The molecular weight excluding hydrogens is 287 g/mol. The lowest BCUT2D eigenvalue weighted by Crippen LogP contribution is -2.01. The molecular formula is C12H10BrFN2O. The number of anilines is 1. The fourth-order valence-electron chi connectivity index (χ4n) is 1.32. The van der Waals surface area contributed by atoms with E-state index in [4.69, 9.17) is 10.5 Å². The van der Waals surface area contributed by atoms with Crippen molar-refractivity contribution in [2.24, 2.45) is 0 Å². The number of benzene rings is 1. The van der Waals surface area contributed by atoms with E-state index in [2.05, 4.69) is 20.9 Å². The summed E-state index contributed by atoms with van der Waals surface area (Å²) in [5.74, 6) is 0.530. The molecule has 0 spiro atoms. The number of aromatic nitrogens is 1. The minimum atomic E-state index is -0.344. The molecule has 0 bridgehead atoms. The predicted octanol–water partition coefficient (Wildman–Crippen LogP) is 3.14. The molecule has 0 radical (unpaired) electrons. The van der Waals surface area contributed by atoms with Gasteiger partial charge in [0.25, 0.3) is 0 Å². The van der Waals surface area contributed by atoms with Gasteiger partial charge in [0.2, 0.25) is 0 Å². The van der Waals surface area contributed by atoms with Gasteiger partial charge in [-0.25, -0.2) is 9.37 Å². The lowest BCUT2D eigenvalue weighted by Gasteiger charge is -2.08. The number of halogens is 2. The van der Waals surface area contributed by atoms with Crippen molar-refractivity contribution >= 4 is 21.7 Å². The first-order valence-corrected chi connectivity index (χ1v) is 5.74. The smallest absolute Gasteiger partial charge is 0.136 e. The first-order valence-electron chi connectivity index (χ1n) is 4.94. The van der Waals surface area contributed by atoms with Crippen molar-refractivity contribution in [3.05, 3.63) is 52.4 Å². The van der Waals surface area contributed by atoms with Gasteiger partial charge in [-0.3, -0.25) is 0 Å². The zero-order valence-corrected chi connectivity index (χ0v) is 10.4. The lowest BCUT2D eigenvalue weighted by atomic mass is 10.3. The lowest BCUT2D eigenvalue weighted by molar-refractivity contribution is 0.298. The summed E-state index contributed by atoms with van der Waals surface area (Å²) in [5, 5.41) is 0. The number of nitrogens with zero attached hydrogens (tertiary/aromatic N) is 1. The molecule has 2 aromatic rings. The third-order valence-corrected chi connectivity index (χ3v) is 2.75. The summed E-state index contributed by atoms with van der Waals surface area (Å²) in [7, 11) is 0. The van der Waals surface area contributed by atoms with E-state index in [0.717, 1.165) is 0 Å². The van der Waals surface area contributed by atoms with Crippen molar-refractivity contribution in [1.29, 1.82) is 0 Å². The van der Waals surface area contributed by atoms with Gasteiger partial charge in [-0.15, -0.1) is 0 Å². The Hall–Kier alpha value is -1.62. The van der Waals surface area contributed by atoms with Crippen LogP contribution in [-0.4, -0.2) is 4.98 Å². The minimum Gasteiger partial charge on any atom is -0.486 e. The third kappa shape index (κ3) is 3.17. The molecule has 0 amide bonds. The standard InChI is InChI=1S/C12H10BrFN2O/c13-10-5-4-8(14)6-11(10)17-7-9-2-1-3-12(15)16-9/h1-6H,7H2,(H2,15,16). The largest absolute Gasteiger partial charge is 0.486 e. The van der Waals surface area contributed by atoms with E-state index >= 15 is 0 Å². The van der Waals surface area contributed by atoms with Crippen LogP contribution in [-0.2, 0) is 6.61 Å². The Morgan fingerprint density at radius 1 is 1.29 bits per heavy atom. The summed E-state index contributed by atoms with van der Waals surface area (Å²) in [6.45, 7) is 0.243. The third-order valence-electron chi connectivity index (χ3n) is 2.10. The number of rotatable bonds is 3. The quantitative estimate of drug-likeness (QED) is 0.946. The zero-order chi connectivity index (χ0) is 12.3. The Labute approximate surface area is 107 Å². The van der Waals surface area contributed by atoms with Gasteiger partial charge in [0.1, 0.15) is 24.0 Å². The molecule has 2 rings (SSSR count). The first kappa shape index (κ1) is 11.9.